The third-order valence-corrected chi connectivity index (χ3v) is 3.20. The van der Waals surface area contributed by atoms with Crippen molar-refractivity contribution in [3.63, 3.8) is 0 Å². The van der Waals surface area contributed by atoms with Gasteiger partial charge in [0.25, 0.3) is 0 Å². The van der Waals surface area contributed by atoms with Crippen LogP contribution in [-0.2, 0) is 16.0 Å². The first kappa shape index (κ1) is 15.9. The van der Waals surface area contributed by atoms with Gasteiger partial charge in [-0.05, 0) is 14.1 Å². The molecule has 2 N–H and O–H groups in total. The molecule has 1 rings (SSSR count). The van der Waals surface area contributed by atoms with E-state index in [9.17, 15) is 4.79 Å². The minimum absolute atomic E-state index is 0.122. The fraction of sp³-hybridized carbons (Fsp3) is 0.667. The Labute approximate surface area is 117 Å². The Morgan fingerprint density at radius 3 is 3.00 bits per heavy atom. The molecular weight excluding hydrogens is 266 g/mol. The second-order valence-electron chi connectivity index (χ2n) is 4.38. The molecule has 19 heavy (non-hydrogen) atoms. The van der Waals surface area contributed by atoms with Crippen molar-refractivity contribution < 1.29 is 14.6 Å². The highest BCUT2D eigenvalue weighted by Crippen LogP contribution is 2.16. The van der Waals surface area contributed by atoms with E-state index >= 15 is 0 Å². The Balaban J connectivity index is 2.11. The molecule has 0 spiro atoms. The van der Waals surface area contributed by atoms with Gasteiger partial charge in [-0.25, -0.2) is 4.98 Å². The van der Waals surface area contributed by atoms with Gasteiger partial charge in [0.2, 0.25) is 0 Å². The van der Waals surface area contributed by atoms with E-state index in [1.807, 2.05) is 19.5 Å². The normalized spacial score (nSPS) is 10.9. The lowest BCUT2D eigenvalue weighted by atomic mass is 10.2. The summed E-state index contributed by atoms with van der Waals surface area (Å²) in [5, 5.41) is 14.5. The second-order valence-corrected chi connectivity index (χ2v) is 5.24. The van der Waals surface area contributed by atoms with Crippen molar-refractivity contribution in [2.24, 2.45) is 0 Å². The molecule has 0 aliphatic carbocycles. The smallest absolute Gasteiger partial charge is 0.303 e. The molecule has 0 unspecified atom stereocenters. The van der Waals surface area contributed by atoms with Crippen molar-refractivity contribution in [1.29, 1.82) is 0 Å². The highest BCUT2D eigenvalue weighted by Gasteiger charge is 2.04. The fourth-order valence-electron chi connectivity index (χ4n) is 1.32. The highest BCUT2D eigenvalue weighted by atomic mass is 32.1. The molecule has 6 nitrogen and oxygen atoms in total. The van der Waals surface area contributed by atoms with Crippen LogP contribution in [0, 0.1) is 0 Å². The van der Waals surface area contributed by atoms with Gasteiger partial charge in [0.1, 0.15) is 0 Å². The van der Waals surface area contributed by atoms with Crippen LogP contribution < -0.4 is 5.32 Å². The lowest BCUT2D eigenvalue weighted by Gasteiger charge is -2.09. The van der Waals surface area contributed by atoms with Gasteiger partial charge < -0.3 is 20.1 Å². The summed E-state index contributed by atoms with van der Waals surface area (Å²) in [4.78, 5) is 16.8. The maximum absolute atomic E-state index is 10.4. The Morgan fingerprint density at radius 2 is 2.32 bits per heavy atom. The highest BCUT2D eigenvalue weighted by molar-refractivity contribution is 7.13. The number of ether oxygens (including phenoxy) is 1. The number of anilines is 1. The Hall–Kier alpha value is -1.18. The standard InChI is InChI=1S/C12H21N3O3S/c1-15(2)6-8-18-7-5-13-12-14-10(9-19-12)3-4-11(16)17/h9H,3-8H2,1-2H3,(H,13,14)(H,16,17). The van der Waals surface area contributed by atoms with E-state index in [4.69, 9.17) is 9.84 Å². The van der Waals surface area contributed by atoms with Gasteiger partial charge in [0.15, 0.2) is 5.13 Å². The predicted octanol–water partition coefficient (Wildman–Crippen LogP) is 1.15. The summed E-state index contributed by atoms with van der Waals surface area (Å²) in [6, 6.07) is 0. The molecule has 0 atom stereocenters. The largest absolute Gasteiger partial charge is 0.481 e. The van der Waals surface area contributed by atoms with Crippen molar-refractivity contribution in [2.45, 2.75) is 12.8 Å². The van der Waals surface area contributed by atoms with Crippen LogP contribution in [0.25, 0.3) is 0 Å². The molecule has 0 aliphatic rings. The van der Waals surface area contributed by atoms with Gasteiger partial charge in [-0.1, -0.05) is 0 Å². The number of hydrogen-bond acceptors (Lipinski definition) is 6. The number of likely N-dealkylation sites (N-methyl/N-ethyl adjacent to an activating group) is 1. The average molecular weight is 287 g/mol. The number of rotatable bonds is 10. The number of aliphatic carboxylic acids is 1. The number of nitrogens with one attached hydrogen (secondary N) is 1. The van der Waals surface area contributed by atoms with Crippen molar-refractivity contribution in [3.05, 3.63) is 11.1 Å². The summed E-state index contributed by atoms with van der Waals surface area (Å²) in [5.74, 6) is -0.795. The molecule has 108 valence electrons. The van der Waals surface area contributed by atoms with Crippen molar-refractivity contribution in [2.75, 3.05) is 45.7 Å². The molecular formula is C12H21N3O3S. The van der Waals surface area contributed by atoms with Crippen LogP contribution in [0.15, 0.2) is 5.38 Å². The van der Waals surface area contributed by atoms with Gasteiger partial charge in [0.05, 0.1) is 25.3 Å². The number of aryl methyl sites for hydroxylation is 1. The number of hydrogen-bond donors (Lipinski definition) is 2. The van der Waals surface area contributed by atoms with Gasteiger partial charge in [-0.15, -0.1) is 11.3 Å². The second kappa shape index (κ2) is 8.84. The maximum atomic E-state index is 10.4. The third-order valence-electron chi connectivity index (χ3n) is 2.35. The topological polar surface area (TPSA) is 74.7 Å². The molecule has 0 aliphatic heterocycles. The predicted molar refractivity (Wildman–Crippen MR) is 75.9 cm³/mol. The number of nitrogens with zero attached hydrogens (tertiary/aromatic N) is 2. The first-order valence-corrected chi connectivity index (χ1v) is 7.08. The van der Waals surface area contributed by atoms with E-state index in [2.05, 4.69) is 15.2 Å². The lowest BCUT2D eigenvalue weighted by Crippen LogP contribution is -2.20. The lowest BCUT2D eigenvalue weighted by molar-refractivity contribution is -0.136. The summed E-state index contributed by atoms with van der Waals surface area (Å²) in [6.07, 6.45) is 0.601. The first-order valence-electron chi connectivity index (χ1n) is 6.20. The molecule has 0 amide bonds. The summed E-state index contributed by atoms with van der Waals surface area (Å²) in [6.45, 7) is 2.98. The Kier molecular flexibility index (Phi) is 7.39. The van der Waals surface area contributed by atoms with E-state index < -0.39 is 5.97 Å². The van der Waals surface area contributed by atoms with E-state index in [0.717, 1.165) is 24.0 Å². The van der Waals surface area contributed by atoms with Gasteiger partial charge in [0, 0.05) is 24.9 Å². The van der Waals surface area contributed by atoms with E-state index in [1.54, 1.807) is 0 Å². The van der Waals surface area contributed by atoms with Crippen LogP contribution in [0.2, 0.25) is 0 Å². The molecule has 0 aromatic carbocycles. The van der Waals surface area contributed by atoms with E-state index in [0.29, 0.717) is 19.6 Å². The molecule has 0 saturated carbocycles. The summed E-state index contributed by atoms with van der Waals surface area (Å²) in [5.41, 5.74) is 0.823. The molecule has 1 aromatic rings. The number of carboxylic acid groups (broad SMARTS) is 1. The van der Waals surface area contributed by atoms with Crippen molar-refractivity contribution in [3.8, 4) is 0 Å². The zero-order valence-corrected chi connectivity index (χ0v) is 12.2. The number of carbonyl (C=O) groups is 1. The minimum atomic E-state index is -0.795. The van der Waals surface area contributed by atoms with Crippen LogP contribution in [0.1, 0.15) is 12.1 Å². The monoisotopic (exact) mass is 287 g/mol. The summed E-state index contributed by atoms with van der Waals surface area (Å²) >= 11 is 1.49. The van der Waals surface area contributed by atoms with Crippen LogP contribution in [0.4, 0.5) is 5.13 Å². The fourth-order valence-corrected chi connectivity index (χ4v) is 2.09. The van der Waals surface area contributed by atoms with Crippen molar-refractivity contribution in [1.82, 2.24) is 9.88 Å². The molecule has 0 fully saturated rings. The third kappa shape index (κ3) is 7.76. The van der Waals surface area contributed by atoms with Crippen molar-refractivity contribution >= 4 is 22.4 Å². The number of carboxylic acids is 1. The zero-order chi connectivity index (χ0) is 14.1. The Bertz CT molecular complexity index is 382. The summed E-state index contributed by atoms with van der Waals surface area (Å²) in [7, 11) is 4.02. The molecule has 0 bridgehead atoms. The van der Waals surface area contributed by atoms with E-state index in [1.165, 1.54) is 11.3 Å². The number of aromatic nitrogens is 1. The minimum Gasteiger partial charge on any atom is -0.481 e. The number of thiazole rings is 1. The quantitative estimate of drug-likeness (QED) is 0.629. The van der Waals surface area contributed by atoms with Crippen LogP contribution in [0.5, 0.6) is 0 Å². The summed E-state index contributed by atoms with van der Waals surface area (Å²) < 4.78 is 5.45. The van der Waals surface area contributed by atoms with Gasteiger partial charge in [-0.2, -0.15) is 0 Å². The van der Waals surface area contributed by atoms with Gasteiger partial charge in [-0.3, -0.25) is 4.79 Å². The SMILES string of the molecule is CN(C)CCOCCNc1nc(CCC(=O)O)cs1. The molecule has 0 saturated heterocycles. The maximum Gasteiger partial charge on any atom is 0.303 e. The molecule has 7 heteroatoms. The van der Waals surface area contributed by atoms with E-state index in [-0.39, 0.29) is 6.42 Å². The average Bonchev–Trinajstić information content (AvgIpc) is 2.78. The van der Waals surface area contributed by atoms with Crippen LogP contribution >= 0.6 is 11.3 Å². The van der Waals surface area contributed by atoms with Crippen LogP contribution in [0.3, 0.4) is 0 Å². The van der Waals surface area contributed by atoms with Crippen LogP contribution in [-0.4, -0.2) is 61.4 Å². The first-order chi connectivity index (χ1) is 9.08. The Morgan fingerprint density at radius 1 is 1.53 bits per heavy atom. The zero-order valence-electron chi connectivity index (χ0n) is 11.4. The molecule has 1 aromatic heterocycles. The van der Waals surface area contributed by atoms with Gasteiger partial charge >= 0.3 is 5.97 Å². The molecule has 0 radical (unpaired) electrons. The molecule has 1 heterocycles.